The molecule has 2 heteroatoms. The highest BCUT2D eigenvalue weighted by molar-refractivity contribution is 4.97. The van der Waals surface area contributed by atoms with Gasteiger partial charge < -0.3 is 9.80 Å². The van der Waals surface area contributed by atoms with E-state index in [2.05, 4.69) is 43.0 Å². The van der Waals surface area contributed by atoms with E-state index in [-0.39, 0.29) is 0 Å². The molecule has 0 N–H and O–H groups in total. The fraction of sp³-hybridized carbons (Fsp3) is 0.956. The predicted octanol–water partition coefficient (Wildman–Crippen LogP) is 15.9. The summed E-state index contributed by atoms with van der Waals surface area (Å²) in [7, 11) is 0. The summed E-state index contributed by atoms with van der Waals surface area (Å²) in [5, 5.41) is 0. The van der Waals surface area contributed by atoms with E-state index in [1.165, 1.54) is 251 Å². The van der Waals surface area contributed by atoms with Crippen LogP contribution in [0.4, 0.5) is 0 Å². The maximum atomic E-state index is 2.73. The van der Waals surface area contributed by atoms with Crippen LogP contribution in [0, 0.1) is 0 Å². The van der Waals surface area contributed by atoms with Crippen LogP contribution in [0.3, 0.4) is 0 Å². The van der Waals surface area contributed by atoms with Crippen molar-refractivity contribution in [3.05, 3.63) is 12.4 Å². The Morgan fingerprint density at radius 1 is 0.277 bits per heavy atom. The van der Waals surface area contributed by atoms with Crippen molar-refractivity contribution >= 4 is 0 Å². The molecule has 0 radical (unpaired) electrons. The summed E-state index contributed by atoms with van der Waals surface area (Å²) in [6, 6.07) is 0. The fourth-order valence-corrected chi connectivity index (χ4v) is 7.78. The molecular weight excluding hydrogens is 569 g/mol. The molecule has 0 spiro atoms. The Hall–Kier alpha value is -0.660. The molecule has 0 aromatic carbocycles. The molecule has 0 saturated heterocycles. The topological polar surface area (TPSA) is 6.48 Å². The molecule has 1 atom stereocenters. The fourth-order valence-electron chi connectivity index (χ4n) is 7.78. The number of unbranched alkanes of at least 4 members (excludes halogenated alkanes) is 33. The highest BCUT2D eigenvalue weighted by atomic mass is 15.4. The number of rotatable bonds is 39. The largest absolute Gasteiger partial charge is 0.356 e. The van der Waals surface area contributed by atoms with Crippen molar-refractivity contribution in [3.63, 3.8) is 0 Å². The molecule has 1 rings (SSSR count). The quantitative estimate of drug-likeness (QED) is 0.0606. The van der Waals surface area contributed by atoms with Crippen LogP contribution in [0.15, 0.2) is 12.4 Å². The minimum atomic E-state index is 0.638. The Bertz CT molecular complexity index is 615. The molecule has 1 unspecified atom stereocenters. The van der Waals surface area contributed by atoms with Crippen LogP contribution < -0.4 is 0 Å². The Labute approximate surface area is 299 Å². The van der Waals surface area contributed by atoms with E-state index in [9.17, 15) is 0 Å². The lowest BCUT2D eigenvalue weighted by Gasteiger charge is -2.33. The highest BCUT2D eigenvalue weighted by Gasteiger charge is 2.24. The van der Waals surface area contributed by atoms with Gasteiger partial charge in [0.15, 0.2) is 0 Å². The lowest BCUT2D eigenvalue weighted by Crippen LogP contribution is -2.39. The van der Waals surface area contributed by atoms with Gasteiger partial charge in [0.2, 0.25) is 0 Å². The Morgan fingerprint density at radius 2 is 0.489 bits per heavy atom. The van der Waals surface area contributed by atoms with E-state index < -0.39 is 0 Å². The van der Waals surface area contributed by atoms with Crippen LogP contribution in [0.1, 0.15) is 258 Å². The smallest absolute Gasteiger partial charge is 0.101 e. The summed E-state index contributed by atoms with van der Waals surface area (Å²) in [4.78, 5) is 5.45. The molecule has 0 amide bonds. The van der Waals surface area contributed by atoms with Crippen molar-refractivity contribution in [3.8, 4) is 0 Å². The zero-order valence-electron chi connectivity index (χ0n) is 33.2. The van der Waals surface area contributed by atoms with Gasteiger partial charge in [0.25, 0.3) is 0 Å². The Morgan fingerprint density at radius 3 is 0.745 bits per heavy atom. The van der Waals surface area contributed by atoms with Gasteiger partial charge in [0, 0.05) is 25.5 Å². The SMILES string of the molecule is CCCCCCCCCCCCCCCCCCN1C=CN(CCCCCCCCC)C1CCCCCCCCCCCCCCC. The van der Waals surface area contributed by atoms with Crippen LogP contribution in [0.2, 0.25) is 0 Å². The summed E-state index contributed by atoms with van der Waals surface area (Å²) in [5.41, 5.74) is 0. The lowest BCUT2D eigenvalue weighted by molar-refractivity contribution is 0.135. The van der Waals surface area contributed by atoms with Crippen LogP contribution in [-0.4, -0.2) is 29.1 Å². The normalized spacial score (nSPS) is 14.7. The molecule has 1 aliphatic heterocycles. The van der Waals surface area contributed by atoms with Crippen LogP contribution >= 0.6 is 0 Å². The van der Waals surface area contributed by atoms with Gasteiger partial charge in [-0.3, -0.25) is 0 Å². The van der Waals surface area contributed by atoms with E-state index in [1.54, 1.807) is 0 Å². The third-order valence-corrected chi connectivity index (χ3v) is 11.1. The molecule has 2 nitrogen and oxygen atoms in total. The van der Waals surface area contributed by atoms with Crippen LogP contribution in [0.25, 0.3) is 0 Å². The van der Waals surface area contributed by atoms with E-state index >= 15 is 0 Å². The van der Waals surface area contributed by atoms with Crippen molar-refractivity contribution in [1.29, 1.82) is 0 Å². The van der Waals surface area contributed by atoms with Gasteiger partial charge in [0.1, 0.15) is 6.17 Å². The molecule has 280 valence electrons. The Balaban J connectivity index is 2.15. The maximum Gasteiger partial charge on any atom is 0.101 e. The second kappa shape index (κ2) is 36.6. The third kappa shape index (κ3) is 28.8. The van der Waals surface area contributed by atoms with Crippen molar-refractivity contribution in [2.45, 2.75) is 265 Å². The molecule has 0 aromatic heterocycles. The van der Waals surface area contributed by atoms with Gasteiger partial charge >= 0.3 is 0 Å². The van der Waals surface area contributed by atoms with Crippen molar-refractivity contribution in [2.24, 2.45) is 0 Å². The average molecular weight is 659 g/mol. The van der Waals surface area contributed by atoms with Gasteiger partial charge in [-0.05, 0) is 25.7 Å². The van der Waals surface area contributed by atoms with Crippen LogP contribution in [0.5, 0.6) is 0 Å². The number of hydrogen-bond acceptors (Lipinski definition) is 2. The zero-order chi connectivity index (χ0) is 33.7. The van der Waals surface area contributed by atoms with E-state index in [1.807, 2.05) is 0 Å². The molecule has 0 bridgehead atoms. The first kappa shape index (κ1) is 44.4. The van der Waals surface area contributed by atoms with Gasteiger partial charge in [-0.2, -0.15) is 0 Å². The minimum Gasteiger partial charge on any atom is -0.356 e. The summed E-state index contributed by atoms with van der Waals surface area (Å²) in [5.74, 6) is 0. The van der Waals surface area contributed by atoms with Gasteiger partial charge in [-0.25, -0.2) is 0 Å². The average Bonchev–Trinajstić information content (AvgIpc) is 3.47. The molecule has 0 fully saturated rings. The first-order chi connectivity index (χ1) is 23.3. The molecule has 0 saturated carbocycles. The monoisotopic (exact) mass is 659 g/mol. The van der Waals surface area contributed by atoms with E-state index in [0.29, 0.717) is 6.17 Å². The number of nitrogens with zero attached hydrogens (tertiary/aromatic N) is 2. The Kier molecular flexibility index (Phi) is 34.6. The van der Waals surface area contributed by atoms with Crippen LogP contribution in [-0.2, 0) is 0 Å². The van der Waals surface area contributed by atoms with Gasteiger partial charge in [-0.15, -0.1) is 0 Å². The second-order valence-corrected chi connectivity index (χ2v) is 15.7. The third-order valence-electron chi connectivity index (χ3n) is 11.1. The van der Waals surface area contributed by atoms with Crippen molar-refractivity contribution in [2.75, 3.05) is 13.1 Å². The lowest BCUT2D eigenvalue weighted by atomic mass is 10.0. The van der Waals surface area contributed by atoms with E-state index in [4.69, 9.17) is 0 Å². The van der Waals surface area contributed by atoms with E-state index in [0.717, 1.165) is 0 Å². The predicted molar refractivity (Wildman–Crippen MR) is 214 cm³/mol. The molecule has 0 aromatic rings. The van der Waals surface area contributed by atoms with Crippen molar-refractivity contribution in [1.82, 2.24) is 9.80 Å². The number of hydrogen-bond donors (Lipinski definition) is 0. The molecule has 1 heterocycles. The molecule has 0 aliphatic carbocycles. The summed E-state index contributed by atoms with van der Waals surface area (Å²) in [6.45, 7) is 9.49. The minimum absolute atomic E-state index is 0.638. The zero-order valence-corrected chi connectivity index (χ0v) is 33.2. The van der Waals surface area contributed by atoms with Crippen molar-refractivity contribution < 1.29 is 0 Å². The summed E-state index contributed by atoms with van der Waals surface area (Å²) >= 11 is 0. The standard InChI is InChI=1S/C45H90N2/c1-4-7-10-13-16-18-20-22-23-24-26-28-30-33-36-39-42-47-44-43-46(41-38-35-32-15-12-9-6-3)45(47)40-37-34-31-29-27-25-21-19-17-14-11-8-5-2/h43-45H,4-42H2,1-3H3. The first-order valence-corrected chi connectivity index (χ1v) is 22.5. The second-order valence-electron chi connectivity index (χ2n) is 15.7. The first-order valence-electron chi connectivity index (χ1n) is 22.5. The molecule has 1 aliphatic rings. The maximum absolute atomic E-state index is 2.73. The summed E-state index contributed by atoms with van der Waals surface area (Å²) < 4.78 is 0. The van der Waals surface area contributed by atoms with Gasteiger partial charge in [0.05, 0.1) is 0 Å². The highest BCUT2D eigenvalue weighted by Crippen LogP contribution is 2.24. The van der Waals surface area contributed by atoms with Gasteiger partial charge in [-0.1, -0.05) is 233 Å². The molecule has 47 heavy (non-hydrogen) atoms. The molecular formula is C45H90N2. The summed E-state index contributed by atoms with van der Waals surface area (Å²) in [6.07, 6.45) is 58.9.